The summed E-state index contributed by atoms with van der Waals surface area (Å²) in [6.45, 7) is 5.45. The zero-order valence-electron chi connectivity index (χ0n) is 11.2. The number of halogens is 1. The van der Waals surface area contributed by atoms with Gasteiger partial charge in [-0.25, -0.2) is 0 Å². The van der Waals surface area contributed by atoms with Gasteiger partial charge in [0.25, 0.3) is 0 Å². The molecule has 0 aromatic heterocycles. The van der Waals surface area contributed by atoms with Gasteiger partial charge in [0.1, 0.15) is 5.75 Å². The van der Waals surface area contributed by atoms with E-state index >= 15 is 0 Å². The first-order valence-electron chi connectivity index (χ1n) is 6.41. The van der Waals surface area contributed by atoms with Crippen LogP contribution in [0, 0.1) is 6.92 Å². The van der Waals surface area contributed by atoms with Crippen molar-refractivity contribution in [1.29, 1.82) is 0 Å². The minimum Gasteiger partial charge on any atom is -0.492 e. The van der Waals surface area contributed by atoms with Crippen LogP contribution >= 0.6 is 11.6 Å². The van der Waals surface area contributed by atoms with E-state index in [1.807, 2.05) is 25.1 Å². The molecule has 1 N–H and O–H groups in total. The third-order valence-corrected chi connectivity index (χ3v) is 3.04. The van der Waals surface area contributed by atoms with Gasteiger partial charge in [0.15, 0.2) is 0 Å². The molecule has 2 aromatic rings. The molecule has 3 heteroatoms. The lowest BCUT2D eigenvalue weighted by Gasteiger charge is -2.13. The largest absolute Gasteiger partial charge is 0.492 e. The van der Waals surface area contributed by atoms with E-state index in [0.717, 1.165) is 18.0 Å². The molecule has 0 unspecified atom stereocenters. The summed E-state index contributed by atoms with van der Waals surface area (Å²) < 4.78 is 5.58. The molecule has 0 amide bonds. The van der Waals surface area contributed by atoms with E-state index in [2.05, 4.69) is 36.5 Å². The molecule has 2 nitrogen and oxygen atoms in total. The predicted molar refractivity (Wildman–Crippen MR) is 81.1 cm³/mol. The van der Waals surface area contributed by atoms with Gasteiger partial charge < -0.3 is 10.1 Å². The van der Waals surface area contributed by atoms with Crippen molar-refractivity contribution in [3.8, 4) is 5.75 Å². The number of rotatable bonds is 5. The molecule has 19 heavy (non-hydrogen) atoms. The number of anilines is 1. The van der Waals surface area contributed by atoms with E-state index < -0.39 is 0 Å². The smallest absolute Gasteiger partial charge is 0.142 e. The summed E-state index contributed by atoms with van der Waals surface area (Å²) in [5.74, 6) is 0.833. The first-order chi connectivity index (χ1) is 9.19. The standard InChI is InChI=1S/C16H18ClNO/c1-3-19-16-8-7-14(17)10-15(16)18-11-13-6-4-5-12(2)9-13/h4-10,18H,3,11H2,1-2H3. The van der Waals surface area contributed by atoms with Crippen molar-refractivity contribution in [2.45, 2.75) is 20.4 Å². The van der Waals surface area contributed by atoms with Crippen molar-refractivity contribution in [2.24, 2.45) is 0 Å². The fourth-order valence-corrected chi connectivity index (χ4v) is 2.11. The van der Waals surface area contributed by atoms with Crippen LogP contribution in [-0.2, 0) is 6.54 Å². The molecule has 0 saturated carbocycles. The Morgan fingerprint density at radius 2 is 2.00 bits per heavy atom. The predicted octanol–water partition coefficient (Wildman–Crippen LogP) is 4.66. The third kappa shape index (κ3) is 3.90. The van der Waals surface area contributed by atoms with Gasteiger partial charge >= 0.3 is 0 Å². The topological polar surface area (TPSA) is 21.3 Å². The number of hydrogen-bond acceptors (Lipinski definition) is 2. The minimum absolute atomic E-state index is 0.640. The Morgan fingerprint density at radius 3 is 2.74 bits per heavy atom. The maximum atomic E-state index is 6.03. The van der Waals surface area contributed by atoms with E-state index in [1.165, 1.54) is 11.1 Å². The summed E-state index contributed by atoms with van der Waals surface area (Å²) in [6.07, 6.45) is 0. The number of hydrogen-bond donors (Lipinski definition) is 1. The quantitative estimate of drug-likeness (QED) is 0.857. The normalized spacial score (nSPS) is 10.3. The average molecular weight is 276 g/mol. The highest BCUT2D eigenvalue weighted by Crippen LogP contribution is 2.28. The molecule has 100 valence electrons. The van der Waals surface area contributed by atoms with Gasteiger partial charge in [0.2, 0.25) is 0 Å². The molecule has 2 rings (SSSR count). The van der Waals surface area contributed by atoms with Gasteiger partial charge in [-0.2, -0.15) is 0 Å². The van der Waals surface area contributed by atoms with Crippen molar-refractivity contribution in [1.82, 2.24) is 0 Å². The van der Waals surface area contributed by atoms with Crippen LogP contribution in [0.5, 0.6) is 5.75 Å². The van der Waals surface area contributed by atoms with Crippen LogP contribution < -0.4 is 10.1 Å². The SMILES string of the molecule is CCOc1ccc(Cl)cc1NCc1cccc(C)c1. The Balaban J connectivity index is 2.12. The molecule has 0 aliphatic heterocycles. The molecule has 0 spiro atoms. The molecule has 0 atom stereocenters. The van der Waals surface area contributed by atoms with Crippen LogP contribution in [0.4, 0.5) is 5.69 Å². The van der Waals surface area contributed by atoms with Gasteiger partial charge in [0, 0.05) is 11.6 Å². The van der Waals surface area contributed by atoms with E-state index in [9.17, 15) is 0 Å². The first-order valence-corrected chi connectivity index (χ1v) is 6.78. The van der Waals surface area contributed by atoms with Crippen LogP contribution in [0.25, 0.3) is 0 Å². The van der Waals surface area contributed by atoms with Crippen LogP contribution in [0.15, 0.2) is 42.5 Å². The summed E-state index contributed by atoms with van der Waals surface area (Å²) in [5, 5.41) is 4.08. The molecule has 0 heterocycles. The van der Waals surface area contributed by atoms with E-state index in [4.69, 9.17) is 16.3 Å². The lowest BCUT2D eigenvalue weighted by molar-refractivity contribution is 0.341. The molecular weight excluding hydrogens is 258 g/mol. The fourth-order valence-electron chi connectivity index (χ4n) is 1.94. The van der Waals surface area contributed by atoms with E-state index in [1.54, 1.807) is 0 Å². The average Bonchev–Trinajstić information content (AvgIpc) is 2.39. The second-order valence-electron chi connectivity index (χ2n) is 4.42. The number of benzene rings is 2. The van der Waals surface area contributed by atoms with Gasteiger partial charge in [-0.1, -0.05) is 41.4 Å². The highest BCUT2D eigenvalue weighted by Gasteiger charge is 2.04. The highest BCUT2D eigenvalue weighted by molar-refractivity contribution is 6.30. The second-order valence-corrected chi connectivity index (χ2v) is 4.85. The lowest BCUT2D eigenvalue weighted by Crippen LogP contribution is -2.03. The maximum Gasteiger partial charge on any atom is 0.142 e. The molecule has 0 saturated heterocycles. The van der Waals surface area contributed by atoms with Crippen molar-refractivity contribution in [3.63, 3.8) is 0 Å². The van der Waals surface area contributed by atoms with E-state index in [0.29, 0.717) is 11.6 Å². The Labute approximate surface area is 119 Å². The van der Waals surface area contributed by atoms with Crippen molar-refractivity contribution in [2.75, 3.05) is 11.9 Å². The molecule has 0 fully saturated rings. The van der Waals surface area contributed by atoms with Crippen LogP contribution in [0.2, 0.25) is 5.02 Å². The summed E-state index contributed by atoms with van der Waals surface area (Å²) in [4.78, 5) is 0. The Morgan fingerprint density at radius 1 is 1.16 bits per heavy atom. The summed E-state index contributed by atoms with van der Waals surface area (Å²) >= 11 is 6.03. The van der Waals surface area contributed by atoms with Crippen LogP contribution in [0.1, 0.15) is 18.1 Å². The summed E-state index contributed by atoms with van der Waals surface area (Å²) in [7, 11) is 0. The monoisotopic (exact) mass is 275 g/mol. The number of ether oxygens (including phenoxy) is 1. The van der Waals surface area contributed by atoms with Crippen molar-refractivity contribution >= 4 is 17.3 Å². The van der Waals surface area contributed by atoms with Gasteiger partial charge in [-0.3, -0.25) is 0 Å². The zero-order chi connectivity index (χ0) is 13.7. The van der Waals surface area contributed by atoms with Crippen LogP contribution in [-0.4, -0.2) is 6.61 Å². The lowest BCUT2D eigenvalue weighted by atomic mass is 10.1. The molecule has 0 bridgehead atoms. The molecular formula is C16H18ClNO. The molecule has 0 aliphatic rings. The van der Waals surface area contributed by atoms with Gasteiger partial charge in [-0.15, -0.1) is 0 Å². The second kappa shape index (κ2) is 6.48. The minimum atomic E-state index is 0.640. The Bertz CT molecular complexity index is 554. The summed E-state index contributed by atoms with van der Waals surface area (Å²) in [6, 6.07) is 14.0. The van der Waals surface area contributed by atoms with Gasteiger partial charge in [0.05, 0.1) is 12.3 Å². The van der Waals surface area contributed by atoms with E-state index in [-0.39, 0.29) is 0 Å². The van der Waals surface area contributed by atoms with Crippen LogP contribution in [0.3, 0.4) is 0 Å². The third-order valence-electron chi connectivity index (χ3n) is 2.81. The maximum absolute atomic E-state index is 6.03. The Kier molecular flexibility index (Phi) is 4.69. The summed E-state index contributed by atoms with van der Waals surface area (Å²) in [5.41, 5.74) is 3.42. The number of nitrogens with one attached hydrogen (secondary N) is 1. The molecule has 0 radical (unpaired) electrons. The zero-order valence-corrected chi connectivity index (χ0v) is 12.0. The molecule has 2 aromatic carbocycles. The van der Waals surface area contributed by atoms with Crippen molar-refractivity contribution < 1.29 is 4.74 Å². The Hall–Kier alpha value is -1.67. The number of aryl methyl sites for hydroxylation is 1. The highest BCUT2D eigenvalue weighted by atomic mass is 35.5. The van der Waals surface area contributed by atoms with Crippen molar-refractivity contribution in [3.05, 3.63) is 58.6 Å². The van der Waals surface area contributed by atoms with Gasteiger partial charge in [-0.05, 0) is 37.6 Å². The fraction of sp³-hybridized carbons (Fsp3) is 0.250. The molecule has 0 aliphatic carbocycles. The first kappa shape index (κ1) is 13.8.